The van der Waals surface area contributed by atoms with E-state index in [0.717, 1.165) is 24.7 Å². The van der Waals surface area contributed by atoms with Crippen LogP contribution >= 0.6 is 0 Å². The van der Waals surface area contributed by atoms with E-state index in [1.54, 1.807) is 12.4 Å². The SMILES string of the molecule is Cc1cncc(OCC2=C(c3ccnn3C3CCC3)CCCC2)c1C=O. The summed E-state index contributed by atoms with van der Waals surface area (Å²) in [6.07, 6.45) is 14.4. The Kier molecular flexibility index (Phi) is 4.87. The Morgan fingerprint density at radius 1 is 1.23 bits per heavy atom. The number of aldehydes is 1. The van der Waals surface area contributed by atoms with Crippen LogP contribution in [0.4, 0.5) is 0 Å². The van der Waals surface area contributed by atoms with E-state index in [1.807, 2.05) is 13.1 Å². The van der Waals surface area contributed by atoms with Crippen LogP contribution < -0.4 is 4.74 Å². The number of ether oxygens (including phenoxy) is 1. The van der Waals surface area contributed by atoms with Gasteiger partial charge in [-0.1, -0.05) is 0 Å². The normalized spacial score (nSPS) is 17.9. The molecule has 0 spiro atoms. The molecule has 0 atom stereocenters. The van der Waals surface area contributed by atoms with Gasteiger partial charge in [-0.25, -0.2) is 0 Å². The summed E-state index contributed by atoms with van der Waals surface area (Å²) in [6.45, 7) is 2.39. The molecule has 0 N–H and O–H groups in total. The van der Waals surface area contributed by atoms with Gasteiger partial charge < -0.3 is 4.74 Å². The second kappa shape index (κ2) is 7.44. The second-order valence-corrected chi connectivity index (χ2v) is 7.31. The molecule has 0 amide bonds. The Morgan fingerprint density at radius 3 is 2.85 bits per heavy atom. The highest BCUT2D eigenvalue weighted by Gasteiger charge is 2.25. The van der Waals surface area contributed by atoms with E-state index >= 15 is 0 Å². The van der Waals surface area contributed by atoms with Gasteiger partial charge in [0.15, 0.2) is 6.29 Å². The highest BCUT2D eigenvalue weighted by molar-refractivity contribution is 5.81. The van der Waals surface area contributed by atoms with E-state index in [1.165, 1.54) is 48.9 Å². The predicted molar refractivity (Wildman–Crippen MR) is 100 cm³/mol. The van der Waals surface area contributed by atoms with Gasteiger partial charge in [0.2, 0.25) is 0 Å². The maximum absolute atomic E-state index is 11.4. The van der Waals surface area contributed by atoms with E-state index in [0.29, 0.717) is 24.0 Å². The summed E-state index contributed by atoms with van der Waals surface area (Å²) in [5.74, 6) is 0.574. The lowest BCUT2D eigenvalue weighted by molar-refractivity contribution is 0.111. The summed E-state index contributed by atoms with van der Waals surface area (Å²) in [6, 6.07) is 2.70. The molecule has 26 heavy (non-hydrogen) atoms. The van der Waals surface area contributed by atoms with Gasteiger partial charge in [-0.2, -0.15) is 5.10 Å². The van der Waals surface area contributed by atoms with E-state index in [2.05, 4.69) is 20.8 Å². The van der Waals surface area contributed by atoms with Gasteiger partial charge in [0.05, 0.1) is 23.5 Å². The number of nitrogens with zero attached hydrogens (tertiary/aromatic N) is 3. The minimum atomic E-state index is 0.511. The third kappa shape index (κ3) is 3.18. The van der Waals surface area contributed by atoms with Crippen molar-refractivity contribution in [3.8, 4) is 5.75 Å². The predicted octanol–water partition coefficient (Wildman–Crippen LogP) is 4.53. The fraction of sp³-hybridized carbons (Fsp3) is 0.476. The van der Waals surface area contributed by atoms with Crippen molar-refractivity contribution >= 4 is 11.9 Å². The monoisotopic (exact) mass is 351 g/mol. The molecule has 1 fully saturated rings. The first kappa shape index (κ1) is 17.0. The maximum atomic E-state index is 11.4. The number of aromatic nitrogens is 3. The average molecular weight is 351 g/mol. The largest absolute Gasteiger partial charge is 0.487 e. The van der Waals surface area contributed by atoms with Crippen molar-refractivity contribution in [2.45, 2.75) is 57.9 Å². The third-order valence-electron chi connectivity index (χ3n) is 5.65. The standard InChI is InChI=1S/C21H25N3O2/c1-15-11-22-12-21(19(15)13-25)26-14-16-5-2-3-8-18(16)20-9-10-23-24(20)17-6-4-7-17/h9-13,17H,2-8,14H2,1H3. The highest BCUT2D eigenvalue weighted by atomic mass is 16.5. The molecule has 2 aliphatic carbocycles. The zero-order valence-electron chi connectivity index (χ0n) is 15.3. The number of rotatable bonds is 6. The van der Waals surface area contributed by atoms with Crippen LogP contribution in [0.15, 0.2) is 30.2 Å². The van der Waals surface area contributed by atoms with Crippen LogP contribution in [0.25, 0.3) is 5.57 Å². The third-order valence-corrected chi connectivity index (χ3v) is 5.65. The van der Waals surface area contributed by atoms with Gasteiger partial charge in [0.25, 0.3) is 0 Å². The number of hydrogen-bond donors (Lipinski definition) is 0. The summed E-state index contributed by atoms with van der Waals surface area (Å²) in [5.41, 5.74) is 5.41. The highest BCUT2D eigenvalue weighted by Crippen LogP contribution is 2.38. The molecular weight excluding hydrogens is 326 g/mol. The molecule has 0 radical (unpaired) electrons. The minimum absolute atomic E-state index is 0.511. The molecule has 0 unspecified atom stereocenters. The van der Waals surface area contributed by atoms with Gasteiger partial charge in [-0.05, 0) is 74.6 Å². The molecule has 2 aliphatic rings. The zero-order valence-corrected chi connectivity index (χ0v) is 15.3. The number of hydrogen-bond acceptors (Lipinski definition) is 4. The molecule has 5 nitrogen and oxygen atoms in total. The minimum Gasteiger partial charge on any atom is -0.487 e. The molecule has 0 bridgehead atoms. The van der Waals surface area contributed by atoms with Gasteiger partial charge in [0.1, 0.15) is 12.4 Å². The summed E-state index contributed by atoms with van der Waals surface area (Å²) in [4.78, 5) is 15.5. The van der Waals surface area contributed by atoms with Gasteiger partial charge in [0, 0.05) is 12.4 Å². The average Bonchev–Trinajstić information content (AvgIpc) is 3.07. The van der Waals surface area contributed by atoms with Crippen molar-refractivity contribution in [2.75, 3.05) is 6.61 Å². The number of carbonyl (C=O) groups is 1. The summed E-state index contributed by atoms with van der Waals surface area (Å²) in [7, 11) is 0. The molecule has 2 aromatic heterocycles. The lowest BCUT2D eigenvalue weighted by atomic mass is 9.88. The van der Waals surface area contributed by atoms with Gasteiger partial charge >= 0.3 is 0 Å². The first-order valence-corrected chi connectivity index (χ1v) is 9.55. The van der Waals surface area contributed by atoms with Crippen LogP contribution in [0.2, 0.25) is 0 Å². The Balaban J connectivity index is 1.60. The molecule has 0 aromatic carbocycles. The lowest BCUT2D eigenvalue weighted by Gasteiger charge is -2.29. The first-order valence-electron chi connectivity index (χ1n) is 9.55. The lowest BCUT2D eigenvalue weighted by Crippen LogP contribution is -2.21. The van der Waals surface area contributed by atoms with Crippen LogP contribution in [0.5, 0.6) is 5.75 Å². The van der Waals surface area contributed by atoms with Crippen LogP contribution in [-0.2, 0) is 0 Å². The number of pyridine rings is 1. The fourth-order valence-corrected chi connectivity index (χ4v) is 3.89. The molecule has 4 rings (SSSR count). The van der Waals surface area contributed by atoms with Crippen molar-refractivity contribution in [3.63, 3.8) is 0 Å². The van der Waals surface area contributed by atoms with E-state index in [9.17, 15) is 4.79 Å². The van der Waals surface area contributed by atoms with Crippen molar-refractivity contribution in [3.05, 3.63) is 47.1 Å². The summed E-state index contributed by atoms with van der Waals surface area (Å²) < 4.78 is 8.25. The number of aryl methyl sites for hydroxylation is 1. The quantitative estimate of drug-likeness (QED) is 0.718. The number of allylic oxidation sites excluding steroid dienone is 1. The summed E-state index contributed by atoms with van der Waals surface area (Å²) >= 11 is 0. The Labute approximate surface area is 154 Å². The van der Waals surface area contributed by atoms with Crippen molar-refractivity contribution in [2.24, 2.45) is 0 Å². The summed E-state index contributed by atoms with van der Waals surface area (Å²) in [5, 5.41) is 4.59. The molecule has 0 aliphatic heterocycles. The van der Waals surface area contributed by atoms with Gasteiger partial charge in [-0.3, -0.25) is 14.5 Å². The van der Waals surface area contributed by atoms with Crippen molar-refractivity contribution < 1.29 is 9.53 Å². The van der Waals surface area contributed by atoms with Crippen LogP contribution in [0.3, 0.4) is 0 Å². The molecule has 2 aromatic rings. The molecule has 0 saturated heterocycles. The van der Waals surface area contributed by atoms with Crippen molar-refractivity contribution in [1.82, 2.24) is 14.8 Å². The maximum Gasteiger partial charge on any atom is 0.154 e. The van der Waals surface area contributed by atoms with Crippen LogP contribution in [-0.4, -0.2) is 27.7 Å². The first-order chi connectivity index (χ1) is 12.8. The molecule has 136 valence electrons. The van der Waals surface area contributed by atoms with E-state index in [-0.39, 0.29) is 0 Å². The molecule has 5 heteroatoms. The zero-order chi connectivity index (χ0) is 17.9. The number of carbonyl (C=O) groups excluding carboxylic acids is 1. The molecule has 2 heterocycles. The molecule has 1 saturated carbocycles. The Bertz CT molecular complexity index is 834. The smallest absolute Gasteiger partial charge is 0.154 e. The molecular formula is C21H25N3O2. The van der Waals surface area contributed by atoms with Crippen molar-refractivity contribution in [1.29, 1.82) is 0 Å². The van der Waals surface area contributed by atoms with E-state index < -0.39 is 0 Å². The second-order valence-electron chi connectivity index (χ2n) is 7.31. The Hall–Kier alpha value is -2.43. The van der Waals surface area contributed by atoms with Crippen LogP contribution in [0, 0.1) is 6.92 Å². The Morgan fingerprint density at radius 2 is 2.08 bits per heavy atom. The fourth-order valence-electron chi connectivity index (χ4n) is 3.89. The van der Waals surface area contributed by atoms with Gasteiger partial charge in [-0.15, -0.1) is 0 Å². The van der Waals surface area contributed by atoms with Crippen LogP contribution in [0.1, 0.15) is 72.6 Å². The topological polar surface area (TPSA) is 57.0 Å². The van der Waals surface area contributed by atoms with E-state index in [4.69, 9.17) is 4.74 Å².